The number of anilines is 2. The predicted octanol–water partition coefficient (Wildman–Crippen LogP) is 1.96. The van der Waals surface area contributed by atoms with Gasteiger partial charge in [0.1, 0.15) is 0 Å². The minimum Gasteiger partial charge on any atom is -0.481 e. The smallest absolute Gasteiger partial charge is 0.305 e. The van der Waals surface area contributed by atoms with Crippen LogP contribution in [0.15, 0.2) is 24.3 Å². The van der Waals surface area contributed by atoms with E-state index in [1.54, 1.807) is 0 Å². The van der Waals surface area contributed by atoms with Crippen LogP contribution in [0.4, 0.5) is 11.4 Å². The highest BCUT2D eigenvalue weighted by Gasteiger charge is 2.09. The summed E-state index contributed by atoms with van der Waals surface area (Å²) in [5.41, 5.74) is 7.49. The van der Waals surface area contributed by atoms with Crippen molar-refractivity contribution in [2.24, 2.45) is 0 Å². The number of nitrogen functional groups attached to an aromatic ring is 1. The van der Waals surface area contributed by atoms with Crippen LogP contribution < -0.4 is 10.6 Å². The molecule has 0 aliphatic carbocycles. The maximum absolute atomic E-state index is 10.6. The average Bonchev–Trinajstić information content (AvgIpc) is 2.25. The van der Waals surface area contributed by atoms with Gasteiger partial charge < -0.3 is 15.7 Å². The third kappa shape index (κ3) is 3.46. The third-order valence-corrected chi connectivity index (χ3v) is 2.37. The summed E-state index contributed by atoms with van der Waals surface area (Å²) < 4.78 is 0. The minimum absolute atomic E-state index is 0.133. The molecule has 0 spiro atoms. The molecule has 0 saturated heterocycles. The van der Waals surface area contributed by atoms with E-state index in [2.05, 4.69) is 6.92 Å². The second kappa shape index (κ2) is 6.00. The van der Waals surface area contributed by atoms with Crippen LogP contribution in [0.5, 0.6) is 0 Å². The molecule has 0 saturated carbocycles. The number of carboxylic acids is 1. The SMILES string of the molecule is CCCN(CCC(=O)O)c1ccccc1N. The summed E-state index contributed by atoms with van der Waals surface area (Å²) in [7, 11) is 0. The van der Waals surface area contributed by atoms with Gasteiger partial charge in [-0.05, 0) is 18.6 Å². The predicted molar refractivity (Wildman–Crippen MR) is 65.6 cm³/mol. The standard InChI is InChI=1S/C12H18N2O2/c1-2-8-14(9-7-12(15)16)11-6-4-3-5-10(11)13/h3-6H,2,7-9,13H2,1H3,(H,15,16). The second-order valence-electron chi connectivity index (χ2n) is 3.69. The van der Waals surface area contributed by atoms with Gasteiger partial charge in [0.15, 0.2) is 0 Å². The van der Waals surface area contributed by atoms with E-state index in [1.165, 1.54) is 0 Å². The molecule has 0 bridgehead atoms. The van der Waals surface area contributed by atoms with E-state index in [1.807, 2.05) is 29.2 Å². The summed E-state index contributed by atoms with van der Waals surface area (Å²) in [6.45, 7) is 3.38. The summed E-state index contributed by atoms with van der Waals surface area (Å²) in [6.07, 6.45) is 1.10. The fourth-order valence-corrected chi connectivity index (χ4v) is 1.63. The Morgan fingerprint density at radius 2 is 2.06 bits per heavy atom. The number of rotatable bonds is 6. The van der Waals surface area contributed by atoms with Gasteiger partial charge in [0.05, 0.1) is 17.8 Å². The zero-order valence-corrected chi connectivity index (χ0v) is 9.52. The maximum Gasteiger partial charge on any atom is 0.305 e. The molecule has 1 aromatic rings. The van der Waals surface area contributed by atoms with Gasteiger partial charge in [-0.2, -0.15) is 0 Å². The Morgan fingerprint density at radius 3 is 2.62 bits per heavy atom. The highest BCUT2D eigenvalue weighted by molar-refractivity contribution is 5.70. The average molecular weight is 222 g/mol. The summed E-state index contributed by atoms with van der Waals surface area (Å²) in [6, 6.07) is 7.54. The van der Waals surface area contributed by atoms with Gasteiger partial charge in [0, 0.05) is 13.1 Å². The molecule has 1 rings (SSSR count). The number of aliphatic carboxylic acids is 1. The maximum atomic E-state index is 10.6. The molecular weight excluding hydrogens is 204 g/mol. The quantitative estimate of drug-likeness (QED) is 0.722. The van der Waals surface area contributed by atoms with Crippen LogP contribution in [0, 0.1) is 0 Å². The molecule has 0 radical (unpaired) electrons. The molecule has 0 fully saturated rings. The number of benzene rings is 1. The fraction of sp³-hybridized carbons (Fsp3) is 0.417. The van der Waals surface area contributed by atoms with E-state index in [0.29, 0.717) is 12.2 Å². The lowest BCUT2D eigenvalue weighted by Gasteiger charge is -2.24. The van der Waals surface area contributed by atoms with Crippen LogP contribution in [0.3, 0.4) is 0 Å². The molecule has 0 unspecified atom stereocenters. The van der Waals surface area contributed by atoms with Crippen molar-refractivity contribution in [1.82, 2.24) is 0 Å². The van der Waals surface area contributed by atoms with E-state index >= 15 is 0 Å². The van der Waals surface area contributed by atoms with Crippen LogP contribution in [0.2, 0.25) is 0 Å². The van der Waals surface area contributed by atoms with Crippen molar-refractivity contribution in [2.45, 2.75) is 19.8 Å². The zero-order valence-electron chi connectivity index (χ0n) is 9.52. The van der Waals surface area contributed by atoms with Crippen molar-refractivity contribution in [3.8, 4) is 0 Å². The van der Waals surface area contributed by atoms with Crippen molar-refractivity contribution in [2.75, 3.05) is 23.7 Å². The van der Waals surface area contributed by atoms with Gasteiger partial charge in [-0.1, -0.05) is 19.1 Å². The first-order chi connectivity index (χ1) is 7.65. The number of nitrogens with zero attached hydrogens (tertiary/aromatic N) is 1. The largest absolute Gasteiger partial charge is 0.481 e. The van der Waals surface area contributed by atoms with E-state index < -0.39 is 5.97 Å². The molecule has 1 aromatic carbocycles. The van der Waals surface area contributed by atoms with Gasteiger partial charge >= 0.3 is 5.97 Å². The fourth-order valence-electron chi connectivity index (χ4n) is 1.63. The topological polar surface area (TPSA) is 66.6 Å². The molecular formula is C12H18N2O2. The summed E-state index contributed by atoms with van der Waals surface area (Å²) >= 11 is 0. The van der Waals surface area contributed by atoms with Crippen molar-refractivity contribution < 1.29 is 9.90 Å². The van der Waals surface area contributed by atoms with E-state index in [-0.39, 0.29) is 6.42 Å². The third-order valence-electron chi connectivity index (χ3n) is 2.37. The Hall–Kier alpha value is -1.71. The molecule has 0 atom stereocenters. The Labute approximate surface area is 95.7 Å². The molecule has 0 aliphatic rings. The monoisotopic (exact) mass is 222 g/mol. The minimum atomic E-state index is -0.782. The first kappa shape index (κ1) is 12.4. The van der Waals surface area contributed by atoms with Gasteiger partial charge in [-0.3, -0.25) is 4.79 Å². The van der Waals surface area contributed by atoms with E-state index in [0.717, 1.165) is 18.7 Å². The normalized spacial score (nSPS) is 10.1. The van der Waals surface area contributed by atoms with E-state index in [9.17, 15) is 4.79 Å². The Balaban J connectivity index is 2.76. The molecule has 3 N–H and O–H groups in total. The van der Waals surface area contributed by atoms with Crippen molar-refractivity contribution in [3.63, 3.8) is 0 Å². The lowest BCUT2D eigenvalue weighted by molar-refractivity contribution is -0.136. The van der Waals surface area contributed by atoms with Gasteiger partial charge in [-0.15, -0.1) is 0 Å². The summed E-state index contributed by atoms with van der Waals surface area (Å²) in [5.74, 6) is -0.782. The summed E-state index contributed by atoms with van der Waals surface area (Å²) in [4.78, 5) is 12.6. The van der Waals surface area contributed by atoms with Crippen LogP contribution in [-0.2, 0) is 4.79 Å². The second-order valence-corrected chi connectivity index (χ2v) is 3.69. The lowest BCUT2D eigenvalue weighted by Crippen LogP contribution is -2.27. The molecule has 0 heterocycles. The number of carboxylic acid groups (broad SMARTS) is 1. The first-order valence-corrected chi connectivity index (χ1v) is 5.46. The number of nitrogens with two attached hydrogens (primary N) is 1. The molecule has 4 heteroatoms. The number of hydrogen-bond acceptors (Lipinski definition) is 3. The van der Waals surface area contributed by atoms with Crippen LogP contribution in [0.25, 0.3) is 0 Å². The van der Waals surface area contributed by atoms with Gasteiger partial charge in [0.25, 0.3) is 0 Å². The molecule has 88 valence electrons. The van der Waals surface area contributed by atoms with Crippen molar-refractivity contribution >= 4 is 17.3 Å². The van der Waals surface area contributed by atoms with Gasteiger partial charge in [-0.25, -0.2) is 0 Å². The summed E-state index contributed by atoms with van der Waals surface area (Å²) in [5, 5.41) is 8.69. The van der Waals surface area contributed by atoms with Gasteiger partial charge in [0.2, 0.25) is 0 Å². The number of carbonyl (C=O) groups is 1. The Morgan fingerprint density at radius 1 is 1.38 bits per heavy atom. The van der Waals surface area contributed by atoms with Crippen molar-refractivity contribution in [3.05, 3.63) is 24.3 Å². The lowest BCUT2D eigenvalue weighted by atomic mass is 10.2. The molecule has 4 nitrogen and oxygen atoms in total. The molecule has 0 amide bonds. The highest BCUT2D eigenvalue weighted by Crippen LogP contribution is 2.22. The molecule has 16 heavy (non-hydrogen) atoms. The van der Waals surface area contributed by atoms with Crippen LogP contribution in [0.1, 0.15) is 19.8 Å². The van der Waals surface area contributed by atoms with Crippen molar-refractivity contribution in [1.29, 1.82) is 0 Å². The van der Waals surface area contributed by atoms with Crippen LogP contribution >= 0.6 is 0 Å². The Kier molecular flexibility index (Phi) is 4.64. The number of hydrogen-bond donors (Lipinski definition) is 2. The first-order valence-electron chi connectivity index (χ1n) is 5.46. The molecule has 0 aromatic heterocycles. The molecule has 0 aliphatic heterocycles. The van der Waals surface area contributed by atoms with E-state index in [4.69, 9.17) is 10.8 Å². The van der Waals surface area contributed by atoms with Crippen LogP contribution in [-0.4, -0.2) is 24.2 Å². The highest BCUT2D eigenvalue weighted by atomic mass is 16.4. The zero-order chi connectivity index (χ0) is 12.0. The number of para-hydroxylation sites is 2. The Bertz CT molecular complexity index is 353.